The van der Waals surface area contributed by atoms with Gasteiger partial charge in [-0.2, -0.15) is 0 Å². The van der Waals surface area contributed by atoms with Crippen molar-refractivity contribution in [3.63, 3.8) is 0 Å². The first-order valence-electron chi connectivity index (χ1n) is 10.6. The molecule has 156 valence electrons. The number of hydrogen-bond donors (Lipinski definition) is 1. The van der Waals surface area contributed by atoms with Crippen LogP contribution in [0.25, 0.3) is 0 Å². The summed E-state index contributed by atoms with van der Waals surface area (Å²) in [6, 6.07) is 8.28. The molecule has 0 unspecified atom stereocenters. The molecule has 2 aromatic rings. The number of aliphatic hydroxyl groups is 1. The molecule has 0 radical (unpaired) electrons. The van der Waals surface area contributed by atoms with Gasteiger partial charge in [0.15, 0.2) is 0 Å². The molecular formula is C22H29N3O3S. The third-order valence-electron chi connectivity index (χ3n) is 6.48. The summed E-state index contributed by atoms with van der Waals surface area (Å²) in [7, 11) is 0. The second-order valence-electron chi connectivity index (χ2n) is 8.43. The number of ether oxygens (including phenoxy) is 2. The Morgan fingerprint density at radius 2 is 2.00 bits per heavy atom. The molecule has 29 heavy (non-hydrogen) atoms. The van der Waals surface area contributed by atoms with Gasteiger partial charge in [0.25, 0.3) is 0 Å². The lowest BCUT2D eigenvalue weighted by molar-refractivity contribution is -0.0231. The van der Waals surface area contributed by atoms with Crippen LogP contribution in [0.3, 0.4) is 0 Å². The lowest BCUT2D eigenvalue weighted by Crippen LogP contribution is -2.42. The van der Waals surface area contributed by atoms with Gasteiger partial charge in [-0.3, -0.25) is 4.90 Å². The van der Waals surface area contributed by atoms with Crippen molar-refractivity contribution in [1.82, 2.24) is 9.88 Å². The maximum absolute atomic E-state index is 10.8. The second kappa shape index (κ2) is 8.60. The van der Waals surface area contributed by atoms with Gasteiger partial charge in [-0.1, -0.05) is 6.07 Å². The zero-order valence-electron chi connectivity index (χ0n) is 16.7. The van der Waals surface area contributed by atoms with E-state index in [1.807, 2.05) is 23.7 Å². The average molecular weight is 416 g/mol. The molecule has 5 rings (SSSR count). The number of aromatic nitrogens is 1. The van der Waals surface area contributed by atoms with Gasteiger partial charge in [-0.25, -0.2) is 4.98 Å². The third-order valence-corrected chi connectivity index (χ3v) is 7.25. The van der Waals surface area contributed by atoms with Crippen molar-refractivity contribution in [1.29, 1.82) is 0 Å². The quantitative estimate of drug-likeness (QED) is 0.810. The SMILES string of the molecule is O[C@@H]1C[C@H]2CN(Cc3nccs3)C[C@H]2C[C@H]1Oc1cccc(N2CCOCC2)c1. The number of hydrogen-bond acceptors (Lipinski definition) is 7. The van der Waals surface area contributed by atoms with Crippen LogP contribution in [0.15, 0.2) is 35.8 Å². The highest BCUT2D eigenvalue weighted by Crippen LogP contribution is 2.39. The molecule has 6 nitrogen and oxygen atoms in total. The van der Waals surface area contributed by atoms with Crippen LogP contribution >= 0.6 is 11.3 Å². The Balaban J connectivity index is 1.21. The Morgan fingerprint density at radius 3 is 2.79 bits per heavy atom. The van der Waals surface area contributed by atoms with E-state index >= 15 is 0 Å². The topological polar surface area (TPSA) is 58.1 Å². The Bertz CT molecular complexity index is 796. The first-order valence-corrected chi connectivity index (χ1v) is 11.5. The zero-order chi connectivity index (χ0) is 19.6. The van der Waals surface area contributed by atoms with Crippen molar-refractivity contribution in [3.05, 3.63) is 40.8 Å². The molecule has 1 aromatic heterocycles. The van der Waals surface area contributed by atoms with Crippen molar-refractivity contribution in [2.45, 2.75) is 31.6 Å². The monoisotopic (exact) mass is 415 g/mol. The molecule has 3 heterocycles. The molecule has 1 N–H and O–H groups in total. The summed E-state index contributed by atoms with van der Waals surface area (Å²) >= 11 is 1.72. The minimum atomic E-state index is -0.400. The summed E-state index contributed by atoms with van der Waals surface area (Å²) in [5, 5.41) is 14.0. The molecule has 3 fully saturated rings. The highest BCUT2D eigenvalue weighted by molar-refractivity contribution is 7.09. The molecule has 2 aliphatic heterocycles. The number of likely N-dealkylation sites (tertiary alicyclic amines) is 1. The van der Waals surface area contributed by atoms with Crippen molar-refractivity contribution in [2.75, 3.05) is 44.3 Å². The van der Waals surface area contributed by atoms with E-state index in [1.165, 1.54) is 10.7 Å². The second-order valence-corrected chi connectivity index (χ2v) is 9.41. The number of benzene rings is 1. The van der Waals surface area contributed by atoms with Crippen LogP contribution in [0.1, 0.15) is 17.8 Å². The van der Waals surface area contributed by atoms with Crippen molar-refractivity contribution in [3.8, 4) is 5.75 Å². The summed E-state index contributed by atoms with van der Waals surface area (Å²) in [4.78, 5) is 9.24. The fourth-order valence-corrected chi connectivity index (χ4v) is 5.67. The molecule has 1 aromatic carbocycles. The Morgan fingerprint density at radius 1 is 1.17 bits per heavy atom. The van der Waals surface area contributed by atoms with Gasteiger partial charge in [0.05, 0.1) is 25.9 Å². The lowest BCUT2D eigenvalue weighted by atomic mass is 9.78. The van der Waals surface area contributed by atoms with Gasteiger partial charge in [-0.15, -0.1) is 11.3 Å². The minimum absolute atomic E-state index is 0.129. The van der Waals surface area contributed by atoms with Gasteiger partial charge in [-0.05, 0) is 36.8 Å². The van der Waals surface area contributed by atoms with Crippen LogP contribution in [-0.4, -0.2) is 66.6 Å². The molecule has 0 amide bonds. The number of aliphatic hydroxyl groups excluding tert-OH is 1. The summed E-state index contributed by atoms with van der Waals surface area (Å²) < 4.78 is 11.8. The van der Waals surface area contributed by atoms with Crippen LogP contribution in [0.2, 0.25) is 0 Å². The first kappa shape index (κ1) is 19.3. The number of thiazole rings is 1. The predicted molar refractivity (Wildman–Crippen MR) is 114 cm³/mol. The smallest absolute Gasteiger partial charge is 0.125 e. The van der Waals surface area contributed by atoms with E-state index < -0.39 is 6.10 Å². The van der Waals surface area contributed by atoms with E-state index in [-0.39, 0.29) is 6.10 Å². The van der Waals surface area contributed by atoms with E-state index in [4.69, 9.17) is 9.47 Å². The largest absolute Gasteiger partial charge is 0.488 e. The maximum atomic E-state index is 10.8. The standard InChI is InChI=1S/C22H29N3O3S/c26-20-10-16-13-24(15-22-23-4-9-29-22)14-17(16)11-21(20)28-19-3-1-2-18(12-19)25-5-7-27-8-6-25/h1-4,9,12,16-17,20-21,26H,5-8,10-11,13-15H2/t16-,17+,20+,21+/m0/s1. The number of anilines is 1. The number of morpholine rings is 1. The molecule has 1 aliphatic carbocycles. The fourth-order valence-electron chi connectivity index (χ4n) is 5.02. The first-order chi connectivity index (χ1) is 14.2. The number of nitrogens with zero attached hydrogens (tertiary/aromatic N) is 3. The molecule has 0 spiro atoms. The van der Waals surface area contributed by atoms with E-state index in [2.05, 4.69) is 26.9 Å². The van der Waals surface area contributed by atoms with Crippen LogP contribution < -0.4 is 9.64 Å². The van der Waals surface area contributed by atoms with Crippen LogP contribution in [0.4, 0.5) is 5.69 Å². The van der Waals surface area contributed by atoms with Crippen LogP contribution in [-0.2, 0) is 11.3 Å². The zero-order valence-corrected chi connectivity index (χ0v) is 17.5. The molecular weight excluding hydrogens is 386 g/mol. The number of fused-ring (bicyclic) bond motifs is 1. The third kappa shape index (κ3) is 4.43. The molecule has 4 atom stereocenters. The van der Waals surface area contributed by atoms with Gasteiger partial charge in [0.2, 0.25) is 0 Å². The number of rotatable bonds is 5. The van der Waals surface area contributed by atoms with Crippen LogP contribution in [0.5, 0.6) is 5.75 Å². The normalized spacial score (nSPS) is 30.3. The Labute approximate surface area is 176 Å². The summed E-state index contributed by atoms with van der Waals surface area (Å²) in [6.07, 6.45) is 3.09. The van der Waals surface area contributed by atoms with E-state index in [0.717, 1.165) is 64.5 Å². The highest BCUT2D eigenvalue weighted by atomic mass is 32.1. The van der Waals surface area contributed by atoms with Crippen LogP contribution in [0, 0.1) is 11.8 Å². The average Bonchev–Trinajstić information content (AvgIpc) is 3.39. The Kier molecular flexibility index (Phi) is 5.72. The highest BCUT2D eigenvalue weighted by Gasteiger charge is 2.42. The van der Waals surface area contributed by atoms with Gasteiger partial charge >= 0.3 is 0 Å². The summed E-state index contributed by atoms with van der Waals surface area (Å²) in [6.45, 7) is 6.42. The summed E-state index contributed by atoms with van der Waals surface area (Å²) in [5.41, 5.74) is 1.17. The van der Waals surface area contributed by atoms with Gasteiger partial charge in [0.1, 0.15) is 16.9 Å². The van der Waals surface area contributed by atoms with Crippen molar-refractivity contribution in [2.24, 2.45) is 11.8 Å². The molecule has 2 saturated heterocycles. The predicted octanol–water partition coefficient (Wildman–Crippen LogP) is 2.63. The molecule has 3 aliphatic rings. The lowest BCUT2D eigenvalue weighted by Gasteiger charge is -2.35. The van der Waals surface area contributed by atoms with Gasteiger partial charge in [0, 0.05) is 49.5 Å². The van der Waals surface area contributed by atoms with E-state index in [0.29, 0.717) is 11.8 Å². The minimum Gasteiger partial charge on any atom is -0.488 e. The Hall–Kier alpha value is -1.67. The molecule has 1 saturated carbocycles. The maximum Gasteiger partial charge on any atom is 0.125 e. The molecule has 0 bridgehead atoms. The van der Waals surface area contributed by atoms with Crippen molar-refractivity contribution < 1.29 is 14.6 Å². The fraction of sp³-hybridized carbons (Fsp3) is 0.591. The van der Waals surface area contributed by atoms with E-state index in [1.54, 1.807) is 11.3 Å². The van der Waals surface area contributed by atoms with Gasteiger partial charge < -0.3 is 19.5 Å². The summed E-state index contributed by atoms with van der Waals surface area (Å²) in [5.74, 6) is 2.00. The van der Waals surface area contributed by atoms with Crippen molar-refractivity contribution >= 4 is 17.0 Å². The molecule has 7 heteroatoms. The van der Waals surface area contributed by atoms with E-state index in [9.17, 15) is 5.11 Å².